The van der Waals surface area contributed by atoms with Gasteiger partial charge in [0, 0.05) is 31.0 Å². The predicted octanol–water partition coefficient (Wildman–Crippen LogP) is 2.23. The maximum Gasteiger partial charge on any atom is 0.335 e. The van der Waals surface area contributed by atoms with Gasteiger partial charge in [-0.05, 0) is 35.9 Å². The molecule has 1 fully saturated rings. The summed E-state index contributed by atoms with van der Waals surface area (Å²) in [5.41, 5.74) is 3.04. The maximum atomic E-state index is 11.5. The SMILES string of the molecule is O=C(O)c1cccc(CNc2cccc(N3CCS(=O)(=O)CC3)c2)c1. The zero-order valence-electron chi connectivity index (χ0n) is 13.7. The summed E-state index contributed by atoms with van der Waals surface area (Å²) in [6.45, 7) is 1.53. The van der Waals surface area contributed by atoms with Crippen LogP contribution in [-0.2, 0) is 16.4 Å². The highest BCUT2D eigenvalue weighted by Gasteiger charge is 2.21. The van der Waals surface area contributed by atoms with Gasteiger partial charge in [0.05, 0.1) is 17.1 Å². The van der Waals surface area contributed by atoms with E-state index in [0.29, 0.717) is 19.6 Å². The van der Waals surface area contributed by atoms with E-state index >= 15 is 0 Å². The summed E-state index contributed by atoms with van der Waals surface area (Å²) in [7, 11) is -2.90. The first kappa shape index (κ1) is 17.3. The lowest BCUT2D eigenvalue weighted by Crippen LogP contribution is -2.40. The van der Waals surface area contributed by atoms with Gasteiger partial charge in [0.25, 0.3) is 0 Å². The van der Waals surface area contributed by atoms with Gasteiger partial charge in [0.15, 0.2) is 9.84 Å². The number of benzene rings is 2. The summed E-state index contributed by atoms with van der Waals surface area (Å²) in [4.78, 5) is 13.1. The molecule has 25 heavy (non-hydrogen) atoms. The molecule has 1 heterocycles. The van der Waals surface area contributed by atoms with E-state index < -0.39 is 15.8 Å². The molecule has 0 radical (unpaired) electrons. The minimum absolute atomic E-state index is 0.187. The minimum Gasteiger partial charge on any atom is -0.478 e. The summed E-state index contributed by atoms with van der Waals surface area (Å²) >= 11 is 0. The molecule has 2 aromatic rings. The average molecular weight is 360 g/mol. The largest absolute Gasteiger partial charge is 0.478 e. The molecule has 1 aliphatic rings. The third-order valence-electron chi connectivity index (χ3n) is 4.23. The molecule has 2 N–H and O–H groups in total. The number of sulfone groups is 1. The Morgan fingerprint density at radius 1 is 1.08 bits per heavy atom. The average Bonchev–Trinajstić information content (AvgIpc) is 2.60. The van der Waals surface area contributed by atoms with Crippen LogP contribution in [0.5, 0.6) is 0 Å². The number of carbonyl (C=O) groups is 1. The molecule has 7 heteroatoms. The molecular weight excluding hydrogens is 340 g/mol. The lowest BCUT2D eigenvalue weighted by molar-refractivity contribution is 0.0696. The third kappa shape index (κ3) is 4.51. The summed E-state index contributed by atoms with van der Waals surface area (Å²) < 4.78 is 23.1. The van der Waals surface area contributed by atoms with Crippen LogP contribution in [0.2, 0.25) is 0 Å². The van der Waals surface area contributed by atoms with Gasteiger partial charge < -0.3 is 15.3 Å². The summed E-state index contributed by atoms with van der Waals surface area (Å²) in [5.74, 6) is -0.567. The first-order valence-corrected chi connectivity index (χ1v) is 9.87. The third-order valence-corrected chi connectivity index (χ3v) is 5.84. The second-order valence-corrected chi connectivity index (χ2v) is 8.35. The number of hydrogen-bond acceptors (Lipinski definition) is 5. The van der Waals surface area contributed by atoms with Crippen molar-refractivity contribution in [3.05, 3.63) is 59.7 Å². The van der Waals surface area contributed by atoms with Crippen LogP contribution >= 0.6 is 0 Å². The first-order chi connectivity index (χ1) is 11.9. The second-order valence-electron chi connectivity index (χ2n) is 6.05. The zero-order valence-corrected chi connectivity index (χ0v) is 14.5. The molecule has 0 spiro atoms. The fourth-order valence-electron chi connectivity index (χ4n) is 2.80. The topological polar surface area (TPSA) is 86.7 Å². The van der Waals surface area contributed by atoms with Gasteiger partial charge in [-0.3, -0.25) is 0 Å². The quantitative estimate of drug-likeness (QED) is 0.850. The van der Waals surface area contributed by atoms with E-state index in [1.54, 1.807) is 18.2 Å². The van der Waals surface area contributed by atoms with Gasteiger partial charge in [0.2, 0.25) is 0 Å². The first-order valence-electron chi connectivity index (χ1n) is 8.04. The van der Waals surface area contributed by atoms with Crippen molar-refractivity contribution < 1.29 is 18.3 Å². The van der Waals surface area contributed by atoms with Crippen molar-refractivity contribution in [3.63, 3.8) is 0 Å². The Bertz CT molecular complexity index is 866. The molecule has 0 aromatic heterocycles. The van der Waals surface area contributed by atoms with Crippen molar-refractivity contribution in [2.45, 2.75) is 6.54 Å². The zero-order chi connectivity index (χ0) is 17.9. The summed E-state index contributed by atoms with van der Waals surface area (Å²) in [6, 6.07) is 14.6. The number of nitrogens with one attached hydrogen (secondary N) is 1. The molecule has 0 amide bonds. The van der Waals surface area contributed by atoms with Gasteiger partial charge in [-0.1, -0.05) is 18.2 Å². The number of hydrogen-bond donors (Lipinski definition) is 2. The van der Waals surface area contributed by atoms with Crippen LogP contribution in [0.4, 0.5) is 11.4 Å². The van der Waals surface area contributed by atoms with Crippen LogP contribution in [0, 0.1) is 0 Å². The van der Waals surface area contributed by atoms with Gasteiger partial charge in [-0.25, -0.2) is 13.2 Å². The fourth-order valence-corrected chi connectivity index (χ4v) is 4.00. The standard InChI is InChI=1S/C18H20N2O4S/c21-18(22)15-4-1-3-14(11-15)13-19-16-5-2-6-17(12-16)20-7-9-25(23,24)10-8-20/h1-6,11-12,19H,7-10,13H2,(H,21,22). The Morgan fingerprint density at radius 2 is 1.80 bits per heavy atom. The van der Waals surface area contributed by atoms with E-state index in [1.807, 2.05) is 30.3 Å². The molecule has 1 saturated heterocycles. The molecule has 3 rings (SSSR count). The van der Waals surface area contributed by atoms with E-state index in [-0.39, 0.29) is 17.1 Å². The van der Waals surface area contributed by atoms with E-state index in [0.717, 1.165) is 16.9 Å². The van der Waals surface area contributed by atoms with Crippen molar-refractivity contribution in [1.29, 1.82) is 0 Å². The van der Waals surface area contributed by atoms with Gasteiger partial charge in [-0.15, -0.1) is 0 Å². The van der Waals surface area contributed by atoms with E-state index in [1.165, 1.54) is 0 Å². The molecule has 0 unspecified atom stereocenters. The van der Waals surface area contributed by atoms with Crippen molar-refractivity contribution in [3.8, 4) is 0 Å². The molecule has 1 aliphatic heterocycles. The molecule has 0 aliphatic carbocycles. The Morgan fingerprint density at radius 3 is 2.52 bits per heavy atom. The lowest BCUT2D eigenvalue weighted by atomic mass is 10.1. The molecule has 0 atom stereocenters. The van der Waals surface area contributed by atoms with Crippen LogP contribution in [-0.4, -0.2) is 44.1 Å². The fraction of sp³-hybridized carbons (Fsp3) is 0.278. The van der Waals surface area contributed by atoms with Crippen molar-refractivity contribution >= 4 is 27.2 Å². The molecule has 0 bridgehead atoms. The van der Waals surface area contributed by atoms with E-state index in [9.17, 15) is 13.2 Å². The number of nitrogens with zero attached hydrogens (tertiary/aromatic N) is 1. The van der Waals surface area contributed by atoms with Gasteiger partial charge in [-0.2, -0.15) is 0 Å². The second kappa shape index (κ2) is 7.14. The van der Waals surface area contributed by atoms with Crippen molar-refractivity contribution in [2.75, 3.05) is 34.8 Å². The molecule has 2 aromatic carbocycles. The Kier molecular flexibility index (Phi) is 4.94. The van der Waals surface area contributed by atoms with Crippen LogP contribution in [0.15, 0.2) is 48.5 Å². The number of carboxylic acid groups (broad SMARTS) is 1. The highest BCUT2D eigenvalue weighted by atomic mass is 32.2. The van der Waals surface area contributed by atoms with E-state index in [4.69, 9.17) is 5.11 Å². The molecule has 0 saturated carbocycles. The molecular formula is C18H20N2O4S. The van der Waals surface area contributed by atoms with Crippen LogP contribution in [0.3, 0.4) is 0 Å². The Balaban J connectivity index is 1.66. The summed E-state index contributed by atoms with van der Waals surface area (Å²) in [6.07, 6.45) is 0. The number of rotatable bonds is 5. The van der Waals surface area contributed by atoms with Crippen molar-refractivity contribution in [1.82, 2.24) is 0 Å². The van der Waals surface area contributed by atoms with Gasteiger partial charge >= 0.3 is 5.97 Å². The highest BCUT2D eigenvalue weighted by Crippen LogP contribution is 2.22. The Labute approximate surface area is 147 Å². The van der Waals surface area contributed by atoms with Crippen LogP contribution < -0.4 is 10.2 Å². The monoisotopic (exact) mass is 360 g/mol. The van der Waals surface area contributed by atoms with Gasteiger partial charge in [0.1, 0.15) is 0 Å². The number of aromatic carboxylic acids is 1. The van der Waals surface area contributed by atoms with E-state index in [2.05, 4.69) is 10.2 Å². The molecule has 132 valence electrons. The summed E-state index contributed by atoms with van der Waals surface area (Å²) in [5, 5.41) is 12.3. The maximum absolute atomic E-state index is 11.5. The minimum atomic E-state index is -2.90. The number of anilines is 2. The predicted molar refractivity (Wildman–Crippen MR) is 98.0 cm³/mol. The van der Waals surface area contributed by atoms with Crippen LogP contribution in [0.1, 0.15) is 15.9 Å². The normalized spacial score (nSPS) is 16.4. The smallest absolute Gasteiger partial charge is 0.335 e. The Hall–Kier alpha value is -2.54. The number of carboxylic acids is 1. The van der Waals surface area contributed by atoms with Crippen molar-refractivity contribution in [2.24, 2.45) is 0 Å². The lowest BCUT2D eigenvalue weighted by Gasteiger charge is -2.29. The highest BCUT2D eigenvalue weighted by molar-refractivity contribution is 7.91. The molecule has 6 nitrogen and oxygen atoms in total. The van der Waals surface area contributed by atoms with Crippen LogP contribution in [0.25, 0.3) is 0 Å².